The number of hydrogen-bond donors (Lipinski definition) is 2. The average molecular weight is 389 g/mol. The van der Waals surface area contributed by atoms with E-state index < -0.39 is 5.91 Å². The molecule has 0 radical (unpaired) electrons. The minimum absolute atomic E-state index is 0.0680. The molecule has 1 aliphatic heterocycles. The molecule has 0 aliphatic carbocycles. The van der Waals surface area contributed by atoms with Crippen molar-refractivity contribution in [2.45, 2.75) is 39.3 Å². The first kappa shape index (κ1) is 18.9. The van der Waals surface area contributed by atoms with E-state index in [1.165, 1.54) is 0 Å². The number of H-pyrrole nitrogens is 1. The van der Waals surface area contributed by atoms with Crippen LogP contribution >= 0.6 is 0 Å². The van der Waals surface area contributed by atoms with Gasteiger partial charge in [-0.2, -0.15) is 5.10 Å². The molecule has 7 heteroatoms. The average Bonchev–Trinajstić information content (AvgIpc) is 3.27. The third kappa shape index (κ3) is 3.40. The highest BCUT2D eigenvalue weighted by Crippen LogP contribution is 2.35. The van der Waals surface area contributed by atoms with Crippen LogP contribution < -0.4 is 5.73 Å². The maximum atomic E-state index is 12.8. The number of nitrogens with two attached hydrogens (primary N) is 1. The molecule has 0 spiro atoms. The van der Waals surface area contributed by atoms with Gasteiger partial charge in [-0.15, -0.1) is 0 Å². The number of pyridine rings is 1. The van der Waals surface area contributed by atoms with E-state index in [-0.39, 0.29) is 11.3 Å². The fraction of sp³-hybridized carbons (Fsp3) is 0.273. The van der Waals surface area contributed by atoms with E-state index in [1.54, 1.807) is 35.5 Å². The Bertz CT molecular complexity index is 1100. The minimum atomic E-state index is -0.500. The van der Waals surface area contributed by atoms with Crippen molar-refractivity contribution in [3.8, 4) is 11.3 Å². The molecule has 3 aromatic rings. The van der Waals surface area contributed by atoms with Gasteiger partial charge in [0.25, 0.3) is 5.91 Å². The van der Waals surface area contributed by atoms with Crippen LogP contribution in [0.15, 0.2) is 42.7 Å². The largest absolute Gasteiger partial charge is 0.366 e. The van der Waals surface area contributed by atoms with Crippen molar-refractivity contribution in [2.24, 2.45) is 5.73 Å². The second-order valence-electron chi connectivity index (χ2n) is 8.30. The van der Waals surface area contributed by atoms with Gasteiger partial charge < -0.3 is 10.6 Å². The first-order valence-corrected chi connectivity index (χ1v) is 9.46. The number of carbonyl (C=O) groups is 2. The SMILES string of the molecule is CC(C)(C)c1ccc(C(N)=O)c(-c2n[nH]c3c2CN(C(=O)c2ccncc2)C3)c1. The van der Waals surface area contributed by atoms with E-state index in [0.717, 1.165) is 16.8 Å². The van der Waals surface area contributed by atoms with Crippen LogP contribution in [-0.2, 0) is 18.5 Å². The van der Waals surface area contributed by atoms with Gasteiger partial charge in [-0.05, 0) is 35.2 Å². The van der Waals surface area contributed by atoms with Gasteiger partial charge >= 0.3 is 0 Å². The summed E-state index contributed by atoms with van der Waals surface area (Å²) >= 11 is 0. The van der Waals surface area contributed by atoms with Crippen molar-refractivity contribution in [3.05, 3.63) is 70.7 Å². The summed E-state index contributed by atoms with van der Waals surface area (Å²) in [5, 5.41) is 7.50. The lowest BCUT2D eigenvalue weighted by Crippen LogP contribution is -2.25. The summed E-state index contributed by atoms with van der Waals surface area (Å²) < 4.78 is 0. The van der Waals surface area contributed by atoms with Crippen molar-refractivity contribution in [1.29, 1.82) is 0 Å². The standard InChI is InChI=1S/C22H23N5O2/c1-22(2,3)14-4-5-15(20(23)28)16(10-14)19-17-11-27(12-18(17)25-26-19)21(29)13-6-8-24-9-7-13/h4-10H,11-12H2,1-3H3,(H2,23,28)(H,25,26). The van der Waals surface area contributed by atoms with Crippen molar-refractivity contribution < 1.29 is 9.59 Å². The Hall–Kier alpha value is -3.48. The van der Waals surface area contributed by atoms with Gasteiger partial charge in [0.1, 0.15) is 0 Å². The summed E-state index contributed by atoms with van der Waals surface area (Å²) in [7, 11) is 0. The Morgan fingerprint density at radius 3 is 2.48 bits per heavy atom. The molecular formula is C22H23N5O2. The molecule has 0 saturated heterocycles. The summed E-state index contributed by atoms with van der Waals surface area (Å²) in [5.41, 5.74) is 10.8. The quantitative estimate of drug-likeness (QED) is 0.718. The Kier molecular flexibility index (Phi) is 4.45. The molecule has 3 N–H and O–H groups in total. The van der Waals surface area contributed by atoms with E-state index >= 15 is 0 Å². The first-order valence-electron chi connectivity index (χ1n) is 9.46. The van der Waals surface area contributed by atoms with E-state index in [2.05, 4.69) is 36.0 Å². The maximum Gasteiger partial charge on any atom is 0.254 e. The van der Waals surface area contributed by atoms with Crippen LogP contribution in [-0.4, -0.2) is 31.9 Å². The molecule has 4 rings (SSSR count). The van der Waals surface area contributed by atoms with Gasteiger partial charge in [0.2, 0.25) is 5.91 Å². The lowest BCUT2D eigenvalue weighted by atomic mass is 9.84. The molecule has 0 fully saturated rings. The van der Waals surface area contributed by atoms with Crippen LogP contribution in [0.5, 0.6) is 0 Å². The molecule has 7 nitrogen and oxygen atoms in total. The van der Waals surface area contributed by atoms with Crippen molar-refractivity contribution in [2.75, 3.05) is 0 Å². The van der Waals surface area contributed by atoms with Gasteiger partial charge in [0.05, 0.1) is 24.5 Å². The zero-order valence-corrected chi connectivity index (χ0v) is 16.7. The summed E-state index contributed by atoms with van der Waals surface area (Å²) in [5.74, 6) is -0.568. The number of nitrogens with one attached hydrogen (secondary N) is 1. The number of hydrogen-bond acceptors (Lipinski definition) is 4. The summed E-state index contributed by atoms with van der Waals surface area (Å²) in [6.45, 7) is 7.19. The molecule has 0 saturated carbocycles. The number of amides is 2. The molecule has 1 aromatic carbocycles. The van der Waals surface area contributed by atoms with Gasteiger partial charge in [0, 0.05) is 34.6 Å². The normalized spacial score (nSPS) is 13.4. The van der Waals surface area contributed by atoms with Crippen LogP contribution in [0.2, 0.25) is 0 Å². The number of primary amides is 1. The third-order valence-corrected chi connectivity index (χ3v) is 5.27. The summed E-state index contributed by atoms with van der Waals surface area (Å²) in [4.78, 5) is 30.6. The zero-order chi connectivity index (χ0) is 20.8. The number of benzene rings is 1. The topological polar surface area (TPSA) is 105 Å². The molecule has 3 heterocycles. The third-order valence-electron chi connectivity index (χ3n) is 5.27. The number of rotatable bonds is 3. The van der Waals surface area contributed by atoms with Crippen LogP contribution in [0, 0.1) is 0 Å². The van der Waals surface area contributed by atoms with Gasteiger partial charge in [-0.1, -0.05) is 26.8 Å². The second-order valence-corrected chi connectivity index (χ2v) is 8.30. The second kappa shape index (κ2) is 6.84. The van der Waals surface area contributed by atoms with Crippen LogP contribution in [0.4, 0.5) is 0 Å². The van der Waals surface area contributed by atoms with E-state index in [9.17, 15) is 9.59 Å². The Morgan fingerprint density at radius 1 is 1.10 bits per heavy atom. The molecule has 29 heavy (non-hydrogen) atoms. The van der Waals surface area contributed by atoms with E-state index in [0.29, 0.717) is 35.5 Å². The number of fused-ring (bicyclic) bond motifs is 1. The molecule has 2 aromatic heterocycles. The molecule has 0 unspecified atom stereocenters. The number of aromatic amines is 1. The molecule has 148 valence electrons. The van der Waals surface area contributed by atoms with E-state index in [4.69, 9.17) is 5.73 Å². The highest BCUT2D eigenvalue weighted by molar-refractivity contribution is 6.00. The highest BCUT2D eigenvalue weighted by atomic mass is 16.2. The Morgan fingerprint density at radius 2 is 1.83 bits per heavy atom. The molecular weight excluding hydrogens is 366 g/mol. The minimum Gasteiger partial charge on any atom is -0.366 e. The summed E-state index contributed by atoms with van der Waals surface area (Å²) in [6.07, 6.45) is 3.21. The predicted octanol–water partition coefficient (Wildman–Crippen LogP) is 3.02. The first-order chi connectivity index (χ1) is 13.8. The van der Waals surface area contributed by atoms with Crippen LogP contribution in [0.1, 0.15) is 58.3 Å². The van der Waals surface area contributed by atoms with Crippen molar-refractivity contribution >= 4 is 11.8 Å². The highest BCUT2D eigenvalue weighted by Gasteiger charge is 2.30. The predicted molar refractivity (Wildman–Crippen MR) is 109 cm³/mol. The van der Waals surface area contributed by atoms with Gasteiger partial charge in [-0.3, -0.25) is 19.7 Å². The van der Waals surface area contributed by atoms with Crippen molar-refractivity contribution in [3.63, 3.8) is 0 Å². The smallest absolute Gasteiger partial charge is 0.254 e. The molecule has 0 atom stereocenters. The number of nitrogens with zero attached hydrogens (tertiary/aromatic N) is 3. The van der Waals surface area contributed by atoms with Crippen molar-refractivity contribution in [1.82, 2.24) is 20.1 Å². The van der Waals surface area contributed by atoms with Crippen LogP contribution in [0.25, 0.3) is 11.3 Å². The van der Waals surface area contributed by atoms with E-state index in [1.807, 2.05) is 12.1 Å². The summed E-state index contributed by atoms with van der Waals surface area (Å²) in [6, 6.07) is 9.06. The maximum absolute atomic E-state index is 12.8. The number of carbonyl (C=O) groups excluding carboxylic acids is 2. The fourth-order valence-corrected chi connectivity index (χ4v) is 3.60. The molecule has 0 bridgehead atoms. The monoisotopic (exact) mass is 389 g/mol. The fourth-order valence-electron chi connectivity index (χ4n) is 3.60. The Balaban J connectivity index is 1.73. The lowest BCUT2D eigenvalue weighted by molar-refractivity contribution is 0.0749. The van der Waals surface area contributed by atoms with Gasteiger partial charge in [0.15, 0.2) is 0 Å². The zero-order valence-electron chi connectivity index (χ0n) is 16.7. The molecule has 1 aliphatic rings. The van der Waals surface area contributed by atoms with Gasteiger partial charge in [-0.25, -0.2) is 0 Å². The number of aromatic nitrogens is 3. The Labute approximate surface area is 168 Å². The molecule has 2 amide bonds. The van der Waals surface area contributed by atoms with Crippen LogP contribution in [0.3, 0.4) is 0 Å². The lowest BCUT2D eigenvalue weighted by Gasteiger charge is -2.21.